The van der Waals surface area contributed by atoms with Crippen molar-refractivity contribution in [2.45, 2.75) is 19.1 Å². The molecule has 1 amide bonds. The number of hydrogen-bond acceptors (Lipinski definition) is 5. The molecule has 2 aromatic carbocycles. The zero-order valence-electron chi connectivity index (χ0n) is 15.7. The lowest BCUT2D eigenvalue weighted by atomic mass is 10.1. The number of aliphatic hydroxyl groups is 1. The van der Waals surface area contributed by atoms with Crippen molar-refractivity contribution in [1.29, 1.82) is 0 Å². The fourth-order valence-corrected chi connectivity index (χ4v) is 3.19. The van der Waals surface area contributed by atoms with E-state index >= 15 is 0 Å². The molecule has 2 N–H and O–H groups in total. The van der Waals surface area contributed by atoms with Gasteiger partial charge in [0.05, 0.1) is 6.10 Å². The van der Waals surface area contributed by atoms with Crippen LogP contribution in [0.5, 0.6) is 5.75 Å². The van der Waals surface area contributed by atoms with Crippen LogP contribution in [0.2, 0.25) is 0 Å². The minimum Gasteiger partial charge on any atom is -0.482 e. The molecule has 3 rings (SSSR count). The Balaban J connectivity index is 1.57. The van der Waals surface area contributed by atoms with E-state index in [4.69, 9.17) is 9.84 Å². The molecule has 0 aromatic heterocycles. The number of carboxylic acids is 1. The highest BCUT2D eigenvalue weighted by atomic mass is 16.5. The van der Waals surface area contributed by atoms with Crippen molar-refractivity contribution in [2.24, 2.45) is 0 Å². The van der Waals surface area contributed by atoms with Gasteiger partial charge in [-0.2, -0.15) is 0 Å². The minimum absolute atomic E-state index is 0.0841. The predicted molar refractivity (Wildman–Crippen MR) is 105 cm³/mol. The van der Waals surface area contributed by atoms with Crippen molar-refractivity contribution in [1.82, 2.24) is 4.90 Å². The second-order valence-corrected chi connectivity index (χ2v) is 6.92. The molecule has 1 heterocycles. The van der Waals surface area contributed by atoms with Crippen LogP contribution in [0.4, 0.5) is 5.69 Å². The maximum absolute atomic E-state index is 12.7. The molecule has 0 spiro atoms. The van der Waals surface area contributed by atoms with Crippen molar-refractivity contribution in [3.63, 3.8) is 0 Å². The van der Waals surface area contributed by atoms with Crippen LogP contribution in [0.15, 0.2) is 48.5 Å². The zero-order valence-corrected chi connectivity index (χ0v) is 15.7. The summed E-state index contributed by atoms with van der Waals surface area (Å²) in [6.45, 7) is 1.49. The average Bonchev–Trinajstić information content (AvgIpc) is 3.13. The molecule has 0 aliphatic carbocycles. The van der Waals surface area contributed by atoms with Gasteiger partial charge < -0.3 is 24.7 Å². The van der Waals surface area contributed by atoms with Crippen molar-refractivity contribution >= 4 is 17.6 Å². The van der Waals surface area contributed by atoms with Crippen LogP contribution in [-0.2, 0) is 11.3 Å². The van der Waals surface area contributed by atoms with Gasteiger partial charge in [-0.15, -0.1) is 0 Å². The Morgan fingerprint density at radius 1 is 1.14 bits per heavy atom. The summed E-state index contributed by atoms with van der Waals surface area (Å²) in [5, 5.41) is 18.3. The molecule has 1 fully saturated rings. The number of amides is 1. The predicted octanol–water partition coefficient (Wildman–Crippen LogP) is 1.99. The van der Waals surface area contributed by atoms with Gasteiger partial charge >= 0.3 is 5.97 Å². The monoisotopic (exact) mass is 384 g/mol. The van der Waals surface area contributed by atoms with E-state index in [1.165, 1.54) is 0 Å². The summed E-state index contributed by atoms with van der Waals surface area (Å²) in [5.74, 6) is -0.636. The van der Waals surface area contributed by atoms with Gasteiger partial charge in [0.1, 0.15) is 5.75 Å². The molecule has 7 heteroatoms. The lowest BCUT2D eigenvalue weighted by molar-refractivity contribution is -0.139. The fraction of sp³-hybridized carbons (Fsp3) is 0.333. The molecule has 2 aromatic rings. The third-order valence-corrected chi connectivity index (χ3v) is 4.69. The molecule has 0 saturated carbocycles. The van der Waals surface area contributed by atoms with Gasteiger partial charge in [-0.05, 0) is 48.4 Å². The number of hydrogen-bond donors (Lipinski definition) is 2. The van der Waals surface area contributed by atoms with E-state index in [0.717, 1.165) is 24.2 Å². The highest BCUT2D eigenvalue weighted by molar-refractivity contribution is 5.94. The molecular formula is C21H24N2O5. The number of carbonyl (C=O) groups excluding carboxylic acids is 1. The quantitative estimate of drug-likeness (QED) is 0.759. The second-order valence-electron chi connectivity index (χ2n) is 6.92. The van der Waals surface area contributed by atoms with Gasteiger partial charge in [-0.1, -0.05) is 12.1 Å². The Hall–Kier alpha value is -3.06. The van der Waals surface area contributed by atoms with Crippen LogP contribution in [0, 0.1) is 0 Å². The summed E-state index contributed by atoms with van der Waals surface area (Å²) in [6, 6.07) is 14.4. The van der Waals surface area contributed by atoms with Gasteiger partial charge in [-0.3, -0.25) is 4.79 Å². The van der Waals surface area contributed by atoms with Crippen LogP contribution in [0.3, 0.4) is 0 Å². The van der Waals surface area contributed by atoms with Crippen molar-refractivity contribution < 1.29 is 24.5 Å². The highest BCUT2D eigenvalue weighted by Crippen LogP contribution is 2.21. The molecule has 1 aliphatic heterocycles. The number of aliphatic hydroxyl groups excluding tert-OH is 1. The molecular weight excluding hydrogens is 360 g/mol. The largest absolute Gasteiger partial charge is 0.482 e. The van der Waals surface area contributed by atoms with Crippen molar-refractivity contribution in [3.8, 4) is 5.75 Å². The number of nitrogens with zero attached hydrogens (tertiary/aromatic N) is 2. The van der Waals surface area contributed by atoms with Crippen LogP contribution in [-0.4, -0.2) is 59.8 Å². The summed E-state index contributed by atoms with van der Waals surface area (Å²) in [7, 11) is 1.74. The van der Waals surface area contributed by atoms with Crippen LogP contribution in [0.25, 0.3) is 0 Å². The third kappa shape index (κ3) is 5.01. The first-order chi connectivity index (χ1) is 13.4. The van der Waals surface area contributed by atoms with E-state index < -0.39 is 5.97 Å². The highest BCUT2D eigenvalue weighted by Gasteiger charge is 2.20. The zero-order chi connectivity index (χ0) is 20.1. The SMILES string of the molecule is CN(Cc1ccc(OCC(=O)O)cc1)C(=O)c1ccc(N2CCC(O)C2)cc1. The van der Waals surface area contributed by atoms with Gasteiger partial charge in [0.25, 0.3) is 5.91 Å². The number of aliphatic carboxylic acids is 1. The third-order valence-electron chi connectivity index (χ3n) is 4.69. The Morgan fingerprint density at radius 2 is 1.82 bits per heavy atom. The summed E-state index contributed by atoms with van der Waals surface area (Å²) < 4.78 is 5.10. The molecule has 1 aliphatic rings. The normalized spacial score (nSPS) is 16.1. The van der Waals surface area contributed by atoms with Gasteiger partial charge in [-0.25, -0.2) is 4.79 Å². The van der Waals surface area contributed by atoms with E-state index in [2.05, 4.69) is 4.90 Å². The number of β-amino-alcohol motifs (C(OH)–C–C–N with tert-alkyl or cyclic N) is 1. The van der Waals surface area contributed by atoms with E-state index in [-0.39, 0.29) is 18.6 Å². The van der Waals surface area contributed by atoms with Crippen LogP contribution >= 0.6 is 0 Å². The number of carboxylic acid groups (broad SMARTS) is 1. The molecule has 1 unspecified atom stereocenters. The standard InChI is InChI=1S/C21H24N2O5/c1-22(12-15-2-8-19(9-3-15)28-14-20(25)26)21(27)16-4-6-17(7-5-16)23-11-10-18(24)13-23/h2-9,18,24H,10-14H2,1H3,(H,25,26). The topological polar surface area (TPSA) is 90.3 Å². The lowest BCUT2D eigenvalue weighted by Crippen LogP contribution is -2.26. The fourth-order valence-electron chi connectivity index (χ4n) is 3.19. The molecule has 0 bridgehead atoms. The van der Waals surface area contributed by atoms with E-state index in [9.17, 15) is 14.7 Å². The van der Waals surface area contributed by atoms with Crippen LogP contribution < -0.4 is 9.64 Å². The summed E-state index contributed by atoms with van der Waals surface area (Å²) in [4.78, 5) is 26.9. The maximum Gasteiger partial charge on any atom is 0.341 e. The molecule has 7 nitrogen and oxygen atoms in total. The Kier molecular flexibility index (Phi) is 6.16. The molecule has 28 heavy (non-hydrogen) atoms. The first-order valence-corrected chi connectivity index (χ1v) is 9.14. The summed E-state index contributed by atoms with van der Waals surface area (Å²) >= 11 is 0. The van der Waals surface area contributed by atoms with E-state index in [0.29, 0.717) is 24.4 Å². The summed E-state index contributed by atoms with van der Waals surface area (Å²) in [6.07, 6.45) is 0.483. The van der Waals surface area contributed by atoms with E-state index in [1.807, 2.05) is 36.4 Å². The first-order valence-electron chi connectivity index (χ1n) is 9.14. The second kappa shape index (κ2) is 8.75. The molecule has 0 radical (unpaired) electrons. The average molecular weight is 384 g/mol. The smallest absolute Gasteiger partial charge is 0.341 e. The number of carbonyl (C=O) groups is 2. The Bertz CT molecular complexity index is 820. The van der Waals surface area contributed by atoms with Gasteiger partial charge in [0.15, 0.2) is 6.61 Å². The number of rotatable bonds is 7. The molecule has 1 atom stereocenters. The summed E-state index contributed by atoms with van der Waals surface area (Å²) in [5.41, 5.74) is 2.53. The van der Waals surface area contributed by atoms with Crippen molar-refractivity contribution in [3.05, 3.63) is 59.7 Å². The molecule has 148 valence electrons. The van der Waals surface area contributed by atoms with E-state index in [1.54, 1.807) is 24.1 Å². The Labute approximate surface area is 163 Å². The number of anilines is 1. The molecule has 1 saturated heterocycles. The number of ether oxygens (including phenoxy) is 1. The maximum atomic E-state index is 12.7. The van der Waals surface area contributed by atoms with Gasteiger partial charge in [0, 0.05) is 37.9 Å². The lowest BCUT2D eigenvalue weighted by Gasteiger charge is -2.20. The first kappa shape index (κ1) is 19.7. The number of benzene rings is 2. The minimum atomic E-state index is -1.03. The Morgan fingerprint density at radius 3 is 2.39 bits per heavy atom. The van der Waals surface area contributed by atoms with Gasteiger partial charge in [0.2, 0.25) is 0 Å². The van der Waals surface area contributed by atoms with Crippen LogP contribution in [0.1, 0.15) is 22.3 Å². The van der Waals surface area contributed by atoms with Crippen molar-refractivity contribution in [2.75, 3.05) is 31.6 Å².